The molecule has 1 heterocycles. The minimum Gasteiger partial charge on any atom is -0.488 e. The number of hydrogen-bond donors (Lipinski definition) is 1. The van der Waals surface area contributed by atoms with Crippen molar-refractivity contribution in [3.05, 3.63) is 18.3 Å². The first kappa shape index (κ1) is 12.2. The van der Waals surface area contributed by atoms with Gasteiger partial charge in [-0.1, -0.05) is 0 Å². The molecule has 1 saturated carbocycles. The molecule has 94 valence electrons. The zero-order valence-corrected chi connectivity index (χ0v) is 10.3. The number of ether oxygens (including phenoxy) is 2. The number of aromatic nitrogens is 1. The normalized spacial score (nSPS) is 24.4. The SMILES string of the molecule is CCOc1cccnc1OC1CCC(N)CC1. The fraction of sp³-hybridized carbons (Fsp3) is 0.615. The van der Waals surface area contributed by atoms with Gasteiger partial charge in [0, 0.05) is 12.2 Å². The Morgan fingerprint density at radius 3 is 2.82 bits per heavy atom. The van der Waals surface area contributed by atoms with E-state index in [1.807, 2.05) is 19.1 Å². The summed E-state index contributed by atoms with van der Waals surface area (Å²) in [7, 11) is 0. The lowest BCUT2D eigenvalue weighted by molar-refractivity contribution is 0.134. The number of rotatable bonds is 4. The highest BCUT2D eigenvalue weighted by atomic mass is 16.5. The third-order valence-corrected chi connectivity index (χ3v) is 3.03. The molecule has 1 aromatic heterocycles. The van der Waals surface area contributed by atoms with Gasteiger partial charge in [-0.2, -0.15) is 0 Å². The van der Waals surface area contributed by atoms with Crippen molar-refractivity contribution in [2.75, 3.05) is 6.61 Å². The summed E-state index contributed by atoms with van der Waals surface area (Å²) in [5, 5.41) is 0. The van der Waals surface area contributed by atoms with Crippen LogP contribution >= 0.6 is 0 Å². The minimum atomic E-state index is 0.226. The molecule has 0 saturated heterocycles. The first-order valence-electron chi connectivity index (χ1n) is 6.29. The van der Waals surface area contributed by atoms with Gasteiger partial charge in [-0.25, -0.2) is 4.98 Å². The van der Waals surface area contributed by atoms with Gasteiger partial charge in [-0.15, -0.1) is 0 Å². The van der Waals surface area contributed by atoms with E-state index in [9.17, 15) is 0 Å². The molecule has 0 radical (unpaired) electrons. The van der Waals surface area contributed by atoms with Crippen molar-refractivity contribution < 1.29 is 9.47 Å². The van der Waals surface area contributed by atoms with Crippen molar-refractivity contribution in [3.63, 3.8) is 0 Å². The molecule has 1 aliphatic carbocycles. The highest BCUT2D eigenvalue weighted by Crippen LogP contribution is 2.28. The monoisotopic (exact) mass is 236 g/mol. The van der Waals surface area contributed by atoms with E-state index in [2.05, 4.69) is 4.98 Å². The molecule has 1 fully saturated rings. The highest BCUT2D eigenvalue weighted by Gasteiger charge is 2.21. The molecule has 0 spiro atoms. The van der Waals surface area contributed by atoms with Crippen LogP contribution in [0.2, 0.25) is 0 Å². The molecule has 4 nitrogen and oxygen atoms in total. The number of pyridine rings is 1. The van der Waals surface area contributed by atoms with Crippen molar-refractivity contribution in [3.8, 4) is 11.6 Å². The standard InChI is InChI=1S/C13H20N2O2/c1-2-16-12-4-3-9-15-13(12)17-11-7-5-10(14)6-8-11/h3-4,9-11H,2,5-8,14H2,1H3. The molecular weight excluding hydrogens is 216 g/mol. The minimum absolute atomic E-state index is 0.226. The van der Waals surface area contributed by atoms with Crippen molar-refractivity contribution in [1.29, 1.82) is 0 Å². The second-order valence-electron chi connectivity index (χ2n) is 4.39. The Balaban J connectivity index is 1.98. The molecule has 1 aromatic rings. The van der Waals surface area contributed by atoms with Gasteiger partial charge in [0.05, 0.1) is 6.61 Å². The first-order valence-corrected chi connectivity index (χ1v) is 6.29. The average Bonchev–Trinajstić information content (AvgIpc) is 2.35. The Hall–Kier alpha value is -1.29. The molecule has 2 rings (SSSR count). The van der Waals surface area contributed by atoms with Crippen LogP contribution in [-0.2, 0) is 0 Å². The second kappa shape index (κ2) is 5.87. The molecule has 0 amide bonds. The van der Waals surface area contributed by atoms with Crippen LogP contribution in [0.3, 0.4) is 0 Å². The lowest BCUT2D eigenvalue weighted by atomic mass is 9.94. The summed E-state index contributed by atoms with van der Waals surface area (Å²) in [6.07, 6.45) is 6.02. The smallest absolute Gasteiger partial charge is 0.257 e. The van der Waals surface area contributed by atoms with Crippen LogP contribution < -0.4 is 15.2 Å². The Morgan fingerprint density at radius 1 is 1.35 bits per heavy atom. The van der Waals surface area contributed by atoms with E-state index in [1.54, 1.807) is 6.20 Å². The Bertz CT molecular complexity index is 349. The van der Waals surface area contributed by atoms with Crippen LogP contribution in [0.15, 0.2) is 18.3 Å². The Labute approximate surface area is 102 Å². The fourth-order valence-corrected chi connectivity index (χ4v) is 2.09. The number of nitrogens with two attached hydrogens (primary N) is 1. The van der Waals surface area contributed by atoms with Crippen LogP contribution in [0.4, 0.5) is 0 Å². The maximum Gasteiger partial charge on any atom is 0.257 e. The first-order chi connectivity index (χ1) is 8.29. The maximum absolute atomic E-state index is 5.90. The van der Waals surface area contributed by atoms with Crippen molar-refractivity contribution in [2.24, 2.45) is 5.73 Å². The molecule has 2 N–H and O–H groups in total. The maximum atomic E-state index is 5.90. The highest BCUT2D eigenvalue weighted by molar-refractivity contribution is 5.32. The van der Waals surface area contributed by atoms with E-state index >= 15 is 0 Å². The third-order valence-electron chi connectivity index (χ3n) is 3.03. The van der Waals surface area contributed by atoms with Crippen LogP contribution in [0, 0.1) is 0 Å². The van der Waals surface area contributed by atoms with Gasteiger partial charge in [0.1, 0.15) is 6.10 Å². The van der Waals surface area contributed by atoms with Gasteiger partial charge < -0.3 is 15.2 Å². The molecule has 0 atom stereocenters. The van der Waals surface area contributed by atoms with Crippen molar-refractivity contribution in [2.45, 2.75) is 44.8 Å². The van der Waals surface area contributed by atoms with Crippen LogP contribution in [0.1, 0.15) is 32.6 Å². The van der Waals surface area contributed by atoms with E-state index in [1.165, 1.54) is 0 Å². The van der Waals surface area contributed by atoms with Crippen LogP contribution in [0.5, 0.6) is 11.6 Å². The van der Waals surface area contributed by atoms with Gasteiger partial charge in [-0.05, 0) is 44.7 Å². The van der Waals surface area contributed by atoms with E-state index in [0.29, 0.717) is 18.5 Å². The summed E-state index contributed by atoms with van der Waals surface area (Å²) in [6, 6.07) is 4.08. The van der Waals surface area contributed by atoms with Crippen molar-refractivity contribution >= 4 is 0 Å². The lowest BCUT2D eigenvalue weighted by Gasteiger charge is -2.26. The zero-order valence-electron chi connectivity index (χ0n) is 10.3. The number of nitrogens with zero attached hydrogens (tertiary/aromatic N) is 1. The summed E-state index contributed by atoms with van der Waals surface area (Å²) in [6.45, 7) is 2.58. The quantitative estimate of drug-likeness (QED) is 0.870. The van der Waals surface area contributed by atoms with E-state index < -0.39 is 0 Å². The van der Waals surface area contributed by atoms with Gasteiger partial charge in [0.15, 0.2) is 5.75 Å². The third kappa shape index (κ3) is 3.33. The number of hydrogen-bond acceptors (Lipinski definition) is 4. The van der Waals surface area contributed by atoms with Gasteiger partial charge in [0.2, 0.25) is 0 Å². The average molecular weight is 236 g/mol. The predicted octanol–water partition coefficient (Wildman–Crippen LogP) is 2.13. The second-order valence-corrected chi connectivity index (χ2v) is 4.39. The summed E-state index contributed by atoms with van der Waals surface area (Å²) in [5.74, 6) is 1.33. The van der Waals surface area contributed by atoms with E-state index in [4.69, 9.17) is 15.2 Å². The largest absolute Gasteiger partial charge is 0.488 e. The summed E-state index contributed by atoms with van der Waals surface area (Å²) < 4.78 is 11.4. The molecule has 0 unspecified atom stereocenters. The molecule has 1 aliphatic rings. The predicted molar refractivity (Wildman–Crippen MR) is 66.3 cm³/mol. The van der Waals surface area contributed by atoms with Crippen LogP contribution in [-0.4, -0.2) is 23.7 Å². The Kier molecular flexibility index (Phi) is 4.20. The van der Waals surface area contributed by atoms with E-state index in [0.717, 1.165) is 31.4 Å². The van der Waals surface area contributed by atoms with Gasteiger partial charge in [0.25, 0.3) is 5.88 Å². The lowest BCUT2D eigenvalue weighted by Crippen LogP contribution is -2.31. The molecule has 0 aliphatic heterocycles. The van der Waals surface area contributed by atoms with Gasteiger partial charge >= 0.3 is 0 Å². The summed E-state index contributed by atoms with van der Waals surface area (Å²) in [4.78, 5) is 4.23. The fourth-order valence-electron chi connectivity index (χ4n) is 2.09. The zero-order chi connectivity index (χ0) is 12.1. The molecule has 17 heavy (non-hydrogen) atoms. The molecule has 0 aromatic carbocycles. The topological polar surface area (TPSA) is 57.4 Å². The summed E-state index contributed by atoms with van der Waals surface area (Å²) >= 11 is 0. The Morgan fingerprint density at radius 2 is 2.12 bits per heavy atom. The molecule has 0 bridgehead atoms. The van der Waals surface area contributed by atoms with Crippen LogP contribution in [0.25, 0.3) is 0 Å². The summed E-state index contributed by atoms with van der Waals surface area (Å²) in [5.41, 5.74) is 5.87. The van der Waals surface area contributed by atoms with E-state index in [-0.39, 0.29) is 6.10 Å². The molecule has 4 heteroatoms. The van der Waals surface area contributed by atoms with Gasteiger partial charge in [-0.3, -0.25) is 0 Å². The molecular formula is C13H20N2O2. The van der Waals surface area contributed by atoms with Crippen molar-refractivity contribution in [1.82, 2.24) is 4.98 Å².